The molecule has 1 aliphatic heterocycles. The molecule has 3 aliphatic rings. The normalized spacial score (nSPS) is 21.0. The van der Waals surface area contributed by atoms with Gasteiger partial charge in [-0.2, -0.15) is 0 Å². The smallest absolute Gasteiger partial charge is 0.251 e. The highest BCUT2D eigenvalue weighted by Gasteiger charge is 2.51. The Balaban J connectivity index is 1.35. The van der Waals surface area contributed by atoms with Gasteiger partial charge in [0.25, 0.3) is 5.79 Å². The molecule has 1 amide bonds. The van der Waals surface area contributed by atoms with E-state index in [4.69, 9.17) is 9.47 Å². The Morgan fingerprint density at radius 1 is 0.923 bits per heavy atom. The SMILES string of the molecule is O=C(Nc1ccc2c(c1)OC1(CCCC1)O2)C1(c2ccc(Br)cc2)CC1. The van der Waals surface area contributed by atoms with E-state index < -0.39 is 11.2 Å². The number of carbonyl (C=O) groups is 1. The summed E-state index contributed by atoms with van der Waals surface area (Å²) in [7, 11) is 0. The van der Waals surface area contributed by atoms with Gasteiger partial charge in [0.2, 0.25) is 5.91 Å². The lowest BCUT2D eigenvalue weighted by Crippen LogP contribution is -2.34. The van der Waals surface area contributed by atoms with Crippen LogP contribution >= 0.6 is 15.9 Å². The zero-order valence-electron chi connectivity index (χ0n) is 14.4. The lowest BCUT2D eigenvalue weighted by molar-refractivity contribution is -0.118. The number of fused-ring (bicyclic) bond motifs is 1. The van der Waals surface area contributed by atoms with Crippen molar-refractivity contribution >= 4 is 27.5 Å². The number of amides is 1. The first kappa shape index (κ1) is 16.2. The molecule has 2 aromatic rings. The Hall–Kier alpha value is -2.01. The van der Waals surface area contributed by atoms with Crippen LogP contribution in [-0.4, -0.2) is 11.7 Å². The maximum Gasteiger partial charge on any atom is 0.251 e. The van der Waals surface area contributed by atoms with E-state index in [1.165, 1.54) is 0 Å². The van der Waals surface area contributed by atoms with Gasteiger partial charge in [0, 0.05) is 29.1 Å². The molecule has 2 fully saturated rings. The maximum absolute atomic E-state index is 12.9. The molecule has 0 unspecified atom stereocenters. The van der Waals surface area contributed by atoms with Gasteiger partial charge in [0.15, 0.2) is 11.5 Å². The van der Waals surface area contributed by atoms with Crippen molar-refractivity contribution in [3.05, 3.63) is 52.5 Å². The van der Waals surface area contributed by atoms with Crippen molar-refractivity contribution in [2.75, 3.05) is 5.32 Å². The third-order valence-electron chi connectivity index (χ3n) is 5.74. The summed E-state index contributed by atoms with van der Waals surface area (Å²) in [5.41, 5.74) is 1.43. The molecule has 2 aromatic carbocycles. The molecule has 26 heavy (non-hydrogen) atoms. The van der Waals surface area contributed by atoms with E-state index in [2.05, 4.69) is 21.2 Å². The molecule has 2 saturated carbocycles. The summed E-state index contributed by atoms with van der Waals surface area (Å²) in [6.07, 6.45) is 5.88. The van der Waals surface area contributed by atoms with Crippen LogP contribution in [-0.2, 0) is 10.2 Å². The summed E-state index contributed by atoms with van der Waals surface area (Å²) >= 11 is 3.45. The number of benzene rings is 2. The Bertz CT molecular complexity index is 867. The lowest BCUT2D eigenvalue weighted by Gasteiger charge is -2.21. The highest BCUT2D eigenvalue weighted by Crippen LogP contribution is 2.50. The molecule has 2 aliphatic carbocycles. The zero-order valence-corrected chi connectivity index (χ0v) is 16.0. The van der Waals surface area contributed by atoms with Crippen LogP contribution in [0.1, 0.15) is 44.1 Å². The van der Waals surface area contributed by atoms with Crippen molar-refractivity contribution in [1.82, 2.24) is 0 Å². The largest absolute Gasteiger partial charge is 0.448 e. The quantitative estimate of drug-likeness (QED) is 0.755. The van der Waals surface area contributed by atoms with Gasteiger partial charge in [-0.25, -0.2) is 0 Å². The van der Waals surface area contributed by atoms with Gasteiger partial charge in [-0.3, -0.25) is 4.79 Å². The molecule has 5 rings (SSSR count). The molecule has 0 saturated heterocycles. The van der Waals surface area contributed by atoms with Gasteiger partial charge in [-0.15, -0.1) is 0 Å². The first-order valence-corrected chi connectivity index (χ1v) is 9.98. The summed E-state index contributed by atoms with van der Waals surface area (Å²) in [4.78, 5) is 12.9. The van der Waals surface area contributed by atoms with Crippen molar-refractivity contribution < 1.29 is 14.3 Å². The molecule has 1 heterocycles. The fraction of sp³-hybridized carbons (Fsp3) is 0.381. The fourth-order valence-electron chi connectivity index (χ4n) is 4.08. The maximum atomic E-state index is 12.9. The van der Waals surface area contributed by atoms with Crippen LogP contribution in [0.15, 0.2) is 46.9 Å². The Kier molecular flexibility index (Phi) is 3.58. The Morgan fingerprint density at radius 3 is 2.31 bits per heavy atom. The number of nitrogens with one attached hydrogen (secondary N) is 1. The summed E-state index contributed by atoms with van der Waals surface area (Å²) < 4.78 is 13.2. The molecular weight excluding hydrogens is 394 g/mol. The zero-order chi connectivity index (χ0) is 17.8. The van der Waals surface area contributed by atoms with Crippen molar-refractivity contribution in [3.8, 4) is 11.5 Å². The third-order valence-corrected chi connectivity index (χ3v) is 6.27. The first-order valence-electron chi connectivity index (χ1n) is 9.18. The monoisotopic (exact) mass is 413 g/mol. The number of hydrogen-bond acceptors (Lipinski definition) is 3. The van der Waals surface area contributed by atoms with Crippen LogP contribution in [0.5, 0.6) is 11.5 Å². The second kappa shape index (κ2) is 5.74. The predicted octanol–water partition coefficient (Wildman–Crippen LogP) is 5.16. The van der Waals surface area contributed by atoms with E-state index in [0.717, 1.165) is 65.7 Å². The number of ether oxygens (including phenoxy) is 2. The van der Waals surface area contributed by atoms with Crippen LogP contribution in [0.3, 0.4) is 0 Å². The van der Waals surface area contributed by atoms with Crippen LogP contribution in [0.25, 0.3) is 0 Å². The van der Waals surface area contributed by atoms with Crippen molar-refractivity contribution in [3.63, 3.8) is 0 Å². The van der Waals surface area contributed by atoms with Gasteiger partial charge >= 0.3 is 0 Å². The molecule has 134 valence electrons. The minimum Gasteiger partial charge on any atom is -0.448 e. The number of carbonyl (C=O) groups excluding carboxylic acids is 1. The van der Waals surface area contributed by atoms with Gasteiger partial charge in [0.1, 0.15) is 0 Å². The highest BCUT2D eigenvalue weighted by atomic mass is 79.9. The predicted molar refractivity (Wildman–Crippen MR) is 103 cm³/mol. The lowest BCUT2D eigenvalue weighted by atomic mass is 9.95. The second-order valence-corrected chi connectivity index (χ2v) is 8.44. The van der Waals surface area contributed by atoms with Crippen LogP contribution in [0.2, 0.25) is 0 Å². The molecular formula is C21H20BrNO3. The fourth-order valence-corrected chi connectivity index (χ4v) is 4.35. The van der Waals surface area contributed by atoms with E-state index in [0.29, 0.717) is 0 Å². The van der Waals surface area contributed by atoms with Gasteiger partial charge < -0.3 is 14.8 Å². The summed E-state index contributed by atoms with van der Waals surface area (Å²) in [6.45, 7) is 0. The van der Waals surface area contributed by atoms with Gasteiger partial charge in [-0.1, -0.05) is 28.1 Å². The highest BCUT2D eigenvalue weighted by molar-refractivity contribution is 9.10. The summed E-state index contributed by atoms with van der Waals surface area (Å²) in [5.74, 6) is 1.09. The van der Waals surface area contributed by atoms with E-state index in [-0.39, 0.29) is 5.91 Å². The summed E-state index contributed by atoms with van der Waals surface area (Å²) in [5, 5.41) is 3.08. The van der Waals surface area contributed by atoms with E-state index >= 15 is 0 Å². The van der Waals surface area contributed by atoms with E-state index in [1.807, 2.05) is 42.5 Å². The average Bonchev–Trinajstić information content (AvgIpc) is 3.20. The third kappa shape index (κ3) is 2.60. The van der Waals surface area contributed by atoms with Crippen LogP contribution in [0.4, 0.5) is 5.69 Å². The molecule has 0 bridgehead atoms. The molecule has 1 N–H and O–H groups in total. The van der Waals surface area contributed by atoms with Crippen molar-refractivity contribution in [1.29, 1.82) is 0 Å². The minimum atomic E-state index is -0.472. The topological polar surface area (TPSA) is 47.6 Å². The molecule has 1 spiro atoms. The Labute approximate surface area is 161 Å². The van der Waals surface area contributed by atoms with Crippen LogP contribution in [0, 0.1) is 0 Å². The molecule has 4 nitrogen and oxygen atoms in total. The molecule has 5 heteroatoms. The van der Waals surface area contributed by atoms with Crippen molar-refractivity contribution in [2.45, 2.75) is 49.7 Å². The van der Waals surface area contributed by atoms with Gasteiger partial charge in [-0.05, 0) is 55.5 Å². The second-order valence-electron chi connectivity index (χ2n) is 7.53. The molecule has 0 atom stereocenters. The molecule has 0 aromatic heterocycles. The Morgan fingerprint density at radius 2 is 1.62 bits per heavy atom. The molecule has 0 radical (unpaired) electrons. The van der Waals surface area contributed by atoms with E-state index in [1.54, 1.807) is 0 Å². The number of anilines is 1. The number of halogens is 1. The van der Waals surface area contributed by atoms with Gasteiger partial charge in [0.05, 0.1) is 5.41 Å². The summed E-state index contributed by atoms with van der Waals surface area (Å²) in [6, 6.07) is 13.7. The standard InChI is InChI=1S/C21H20BrNO3/c22-15-5-3-14(4-6-15)20(11-12-20)19(24)23-16-7-8-17-18(13-16)26-21(25-17)9-1-2-10-21/h3-8,13H,1-2,9-12H2,(H,23,24). The van der Waals surface area contributed by atoms with Crippen molar-refractivity contribution in [2.24, 2.45) is 0 Å². The minimum absolute atomic E-state index is 0.0502. The average molecular weight is 414 g/mol. The first-order chi connectivity index (χ1) is 12.6. The van der Waals surface area contributed by atoms with Crippen LogP contribution < -0.4 is 14.8 Å². The number of hydrogen-bond donors (Lipinski definition) is 1. The van der Waals surface area contributed by atoms with E-state index in [9.17, 15) is 4.79 Å². The number of rotatable bonds is 3.